The molecule has 0 aliphatic heterocycles. The normalized spacial score (nSPS) is 10.9. The van der Waals surface area contributed by atoms with Crippen molar-refractivity contribution in [1.29, 1.82) is 0 Å². The van der Waals surface area contributed by atoms with E-state index in [1.807, 2.05) is 42.5 Å². The summed E-state index contributed by atoms with van der Waals surface area (Å²) < 4.78 is 0. The fraction of sp³-hybridized carbons (Fsp3) is 0. The molecule has 4 rings (SSSR count). The molecule has 0 atom stereocenters. The second-order valence-electron chi connectivity index (χ2n) is 4.93. The van der Waals surface area contributed by atoms with Crippen molar-refractivity contribution >= 4 is 33.2 Å². The van der Waals surface area contributed by atoms with E-state index in [9.17, 15) is 0 Å². The van der Waals surface area contributed by atoms with Crippen molar-refractivity contribution in [3.05, 3.63) is 73.1 Å². The fourth-order valence-electron chi connectivity index (χ4n) is 2.50. The van der Waals surface area contributed by atoms with E-state index in [4.69, 9.17) is 0 Å². The zero-order valence-electron chi connectivity index (χ0n) is 11.3. The highest BCUT2D eigenvalue weighted by atomic mass is 15.0. The molecule has 1 N–H and O–H groups in total. The van der Waals surface area contributed by atoms with Crippen LogP contribution in [0.5, 0.6) is 0 Å². The Morgan fingerprint density at radius 2 is 1.43 bits per heavy atom. The molecule has 100 valence electrons. The third kappa shape index (κ3) is 2.19. The summed E-state index contributed by atoms with van der Waals surface area (Å²) >= 11 is 0. The number of hydrogen-bond donors (Lipinski definition) is 1. The number of nitrogens with one attached hydrogen (secondary N) is 1. The van der Waals surface area contributed by atoms with E-state index in [-0.39, 0.29) is 0 Å². The summed E-state index contributed by atoms with van der Waals surface area (Å²) in [5, 5.41) is 6.77. The minimum absolute atomic E-state index is 0.831. The van der Waals surface area contributed by atoms with Crippen LogP contribution in [0.1, 0.15) is 0 Å². The van der Waals surface area contributed by atoms with Crippen molar-refractivity contribution < 1.29 is 0 Å². The highest BCUT2D eigenvalue weighted by Gasteiger charge is 2.05. The number of benzene rings is 3. The summed E-state index contributed by atoms with van der Waals surface area (Å²) in [6.45, 7) is 0. The van der Waals surface area contributed by atoms with E-state index in [1.165, 1.54) is 10.8 Å². The first-order chi connectivity index (χ1) is 10.4. The first kappa shape index (κ1) is 11.9. The predicted octanol–water partition coefficient (Wildman–Crippen LogP) is 4.53. The molecule has 0 saturated carbocycles. The van der Waals surface area contributed by atoms with Crippen molar-refractivity contribution in [2.75, 3.05) is 5.32 Å². The average Bonchev–Trinajstić information content (AvgIpc) is 2.54. The van der Waals surface area contributed by atoms with Crippen LogP contribution in [0.2, 0.25) is 0 Å². The number of aromatic nitrogens is 2. The maximum absolute atomic E-state index is 4.39. The van der Waals surface area contributed by atoms with Crippen LogP contribution in [-0.2, 0) is 0 Å². The van der Waals surface area contributed by atoms with Gasteiger partial charge in [-0.1, -0.05) is 42.5 Å². The molecule has 0 saturated heterocycles. The first-order valence-corrected chi connectivity index (χ1v) is 6.86. The van der Waals surface area contributed by atoms with Gasteiger partial charge in [-0.3, -0.25) is 0 Å². The number of rotatable bonds is 2. The Morgan fingerprint density at radius 1 is 0.714 bits per heavy atom. The molecular weight excluding hydrogens is 258 g/mol. The highest BCUT2D eigenvalue weighted by Crippen LogP contribution is 2.27. The van der Waals surface area contributed by atoms with E-state index in [2.05, 4.69) is 39.6 Å². The van der Waals surface area contributed by atoms with Gasteiger partial charge in [0.15, 0.2) is 0 Å². The molecular formula is C18H13N3. The SMILES string of the molecule is c1ccc(Nc2ncnc3cc4ccccc4cc23)cc1. The van der Waals surface area contributed by atoms with Gasteiger partial charge in [-0.15, -0.1) is 0 Å². The van der Waals surface area contributed by atoms with Crippen LogP contribution in [0.25, 0.3) is 21.7 Å². The largest absolute Gasteiger partial charge is 0.340 e. The maximum atomic E-state index is 4.39. The summed E-state index contributed by atoms with van der Waals surface area (Å²) in [7, 11) is 0. The molecule has 0 spiro atoms. The summed E-state index contributed by atoms with van der Waals surface area (Å²) in [6.07, 6.45) is 1.60. The predicted molar refractivity (Wildman–Crippen MR) is 86.8 cm³/mol. The molecule has 3 heteroatoms. The Kier molecular flexibility index (Phi) is 2.75. The number of fused-ring (bicyclic) bond motifs is 2. The van der Waals surface area contributed by atoms with Gasteiger partial charge in [-0.25, -0.2) is 9.97 Å². The van der Waals surface area contributed by atoms with E-state index < -0.39 is 0 Å². The Balaban J connectivity index is 1.90. The molecule has 0 aliphatic rings. The molecule has 1 aromatic heterocycles. The van der Waals surface area contributed by atoms with Crippen LogP contribution in [-0.4, -0.2) is 9.97 Å². The lowest BCUT2D eigenvalue weighted by atomic mass is 10.1. The molecule has 0 aliphatic carbocycles. The van der Waals surface area contributed by atoms with Crippen molar-refractivity contribution in [2.24, 2.45) is 0 Å². The van der Waals surface area contributed by atoms with Crippen LogP contribution >= 0.6 is 0 Å². The van der Waals surface area contributed by atoms with Gasteiger partial charge < -0.3 is 5.32 Å². The van der Waals surface area contributed by atoms with Gasteiger partial charge in [0.2, 0.25) is 0 Å². The smallest absolute Gasteiger partial charge is 0.141 e. The molecule has 1 heterocycles. The minimum atomic E-state index is 0.831. The molecule has 21 heavy (non-hydrogen) atoms. The Labute approximate surface area is 122 Å². The lowest BCUT2D eigenvalue weighted by Gasteiger charge is -2.09. The monoisotopic (exact) mass is 271 g/mol. The molecule has 0 unspecified atom stereocenters. The summed E-state index contributed by atoms with van der Waals surface area (Å²) in [4.78, 5) is 8.77. The van der Waals surface area contributed by atoms with Crippen LogP contribution in [0, 0.1) is 0 Å². The van der Waals surface area contributed by atoms with Gasteiger partial charge in [-0.2, -0.15) is 0 Å². The zero-order valence-corrected chi connectivity index (χ0v) is 11.3. The second kappa shape index (κ2) is 4.87. The lowest BCUT2D eigenvalue weighted by Crippen LogP contribution is -1.95. The van der Waals surface area contributed by atoms with E-state index in [0.29, 0.717) is 0 Å². The van der Waals surface area contributed by atoms with Gasteiger partial charge in [-0.05, 0) is 35.0 Å². The standard InChI is InChI=1S/C18H13N3/c1-2-8-15(9-3-1)21-18-16-10-13-6-4-5-7-14(13)11-17(16)19-12-20-18/h1-12H,(H,19,20,21). The molecule has 4 aromatic rings. The third-order valence-electron chi connectivity index (χ3n) is 3.54. The summed E-state index contributed by atoms with van der Waals surface area (Å²) in [6, 6.07) is 22.6. The van der Waals surface area contributed by atoms with Crippen molar-refractivity contribution in [2.45, 2.75) is 0 Å². The summed E-state index contributed by atoms with van der Waals surface area (Å²) in [5.41, 5.74) is 1.97. The summed E-state index contributed by atoms with van der Waals surface area (Å²) in [5.74, 6) is 0.831. The van der Waals surface area contributed by atoms with Crippen LogP contribution in [0.3, 0.4) is 0 Å². The minimum Gasteiger partial charge on any atom is -0.340 e. The second-order valence-corrected chi connectivity index (χ2v) is 4.93. The fourth-order valence-corrected chi connectivity index (χ4v) is 2.50. The van der Waals surface area contributed by atoms with Gasteiger partial charge in [0.25, 0.3) is 0 Å². The third-order valence-corrected chi connectivity index (χ3v) is 3.54. The van der Waals surface area contributed by atoms with Gasteiger partial charge in [0.05, 0.1) is 5.52 Å². The van der Waals surface area contributed by atoms with Gasteiger partial charge in [0, 0.05) is 11.1 Å². The van der Waals surface area contributed by atoms with Crippen LogP contribution in [0.15, 0.2) is 73.1 Å². The van der Waals surface area contributed by atoms with E-state index >= 15 is 0 Å². The topological polar surface area (TPSA) is 37.8 Å². The Bertz CT molecular complexity index is 917. The van der Waals surface area contributed by atoms with Crippen LogP contribution in [0.4, 0.5) is 11.5 Å². The highest BCUT2D eigenvalue weighted by molar-refractivity contribution is 6.01. The lowest BCUT2D eigenvalue weighted by molar-refractivity contribution is 1.22. The molecule has 0 radical (unpaired) electrons. The van der Waals surface area contributed by atoms with Crippen molar-refractivity contribution in [1.82, 2.24) is 9.97 Å². The van der Waals surface area contributed by atoms with Gasteiger partial charge in [0.1, 0.15) is 12.1 Å². The maximum Gasteiger partial charge on any atom is 0.141 e. The molecule has 3 nitrogen and oxygen atoms in total. The quantitative estimate of drug-likeness (QED) is 0.544. The Hall–Kier alpha value is -2.94. The van der Waals surface area contributed by atoms with Crippen molar-refractivity contribution in [3.63, 3.8) is 0 Å². The van der Waals surface area contributed by atoms with Gasteiger partial charge >= 0.3 is 0 Å². The molecule has 0 fully saturated rings. The van der Waals surface area contributed by atoms with Crippen LogP contribution < -0.4 is 5.32 Å². The molecule has 0 bridgehead atoms. The Morgan fingerprint density at radius 3 is 2.24 bits per heavy atom. The van der Waals surface area contributed by atoms with E-state index in [0.717, 1.165) is 22.4 Å². The molecule has 0 amide bonds. The molecule has 3 aromatic carbocycles. The number of nitrogens with zero attached hydrogens (tertiary/aromatic N) is 2. The zero-order chi connectivity index (χ0) is 14.1. The average molecular weight is 271 g/mol. The number of hydrogen-bond acceptors (Lipinski definition) is 3. The first-order valence-electron chi connectivity index (χ1n) is 6.86. The number of para-hydroxylation sites is 1. The van der Waals surface area contributed by atoms with Crippen molar-refractivity contribution in [3.8, 4) is 0 Å². The number of anilines is 2. The van der Waals surface area contributed by atoms with E-state index in [1.54, 1.807) is 6.33 Å².